The maximum Gasteiger partial charge on any atom is 0.408 e. The van der Waals surface area contributed by atoms with Crippen molar-refractivity contribution in [1.29, 1.82) is 0 Å². The summed E-state index contributed by atoms with van der Waals surface area (Å²) in [6.07, 6.45) is 0.679. The van der Waals surface area contributed by atoms with Crippen LogP contribution in [0, 0.1) is 0 Å². The van der Waals surface area contributed by atoms with Crippen LogP contribution in [-0.4, -0.2) is 37.2 Å². The number of hydrogen-bond donors (Lipinski definition) is 2. The summed E-state index contributed by atoms with van der Waals surface area (Å²) in [5.41, 5.74) is 1.71. The summed E-state index contributed by atoms with van der Waals surface area (Å²) in [7, 11) is 1.28. The maximum absolute atomic E-state index is 12.9. The van der Waals surface area contributed by atoms with E-state index in [1.165, 1.54) is 7.11 Å². The highest BCUT2D eigenvalue weighted by molar-refractivity contribution is 5.89. The van der Waals surface area contributed by atoms with E-state index < -0.39 is 30.1 Å². The minimum Gasteiger partial charge on any atom is -0.467 e. The van der Waals surface area contributed by atoms with Gasteiger partial charge in [-0.2, -0.15) is 0 Å². The number of carbonyl (C=O) groups is 3. The van der Waals surface area contributed by atoms with Crippen molar-refractivity contribution in [2.75, 3.05) is 7.11 Å². The second-order valence-corrected chi connectivity index (χ2v) is 6.82. The Bertz CT molecular complexity index is 811. The summed E-state index contributed by atoms with van der Waals surface area (Å²) in [4.78, 5) is 37.1. The van der Waals surface area contributed by atoms with Gasteiger partial charge in [-0.1, -0.05) is 74.0 Å². The highest BCUT2D eigenvalue weighted by Gasteiger charge is 2.27. The third-order valence-corrected chi connectivity index (χ3v) is 4.48. The molecule has 0 radical (unpaired) electrons. The van der Waals surface area contributed by atoms with Gasteiger partial charge in [0, 0.05) is 6.42 Å². The molecule has 2 aromatic rings. The van der Waals surface area contributed by atoms with Crippen LogP contribution in [0.2, 0.25) is 0 Å². The Morgan fingerprint density at radius 1 is 0.867 bits per heavy atom. The molecule has 0 fully saturated rings. The molecule has 2 atom stereocenters. The van der Waals surface area contributed by atoms with Crippen LogP contribution in [0.5, 0.6) is 0 Å². The molecule has 0 aliphatic carbocycles. The van der Waals surface area contributed by atoms with Crippen molar-refractivity contribution in [1.82, 2.24) is 10.6 Å². The van der Waals surface area contributed by atoms with Crippen molar-refractivity contribution < 1.29 is 23.9 Å². The molecule has 0 aliphatic rings. The van der Waals surface area contributed by atoms with Gasteiger partial charge >= 0.3 is 12.1 Å². The smallest absolute Gasteiger partial charge is 0.408 e. The van der Waals surface area contributed by atoms with Crippen molar-refractivity contribution >= 4 is 18.0 Å². The topological polar surface area (TPSA) is 93.7 Å². The lowest BCUT2D eigenvalue weighted by Crippen LogP contribution is -2.52. The first kappa shape index (κ1) is 22.9. The normalized spacial score (nSPS) is 12.3. The fourth-order valence-corrected chi connectivity index (χ4v) is 2.92. The van der Waals surface area contributed by atoms with Crippen LogP contribution < -0.4 is 10.6 Å². The number of methoxy groups -OCH3 is 1. The number of amides is 2. The molecule has 0 saturated heterocycles. The van der Waals surface area contributed by atoms with E-state index in [1.54, 1.807) is 0 Å². The van der Waals surface area contributed by atoms with Crippen molar-refractivity contribution in [2.45, 2.75) is 44.9 Å². The Labute approximate surface area is 176 Å². The minimum atomic E-state index is -0.903. The van der Waals surface area contributed by atoms with Crippen LogP contribution in [0.1, 0.15) is 30.9 Å². The number of benzene rings is 2. The molecule has 2 N–H and O–H groups in total. The van der Waals surface area contributed by atoms with Crippen LogP contribution in [0.15, 0.2) is 60.7 Å². The molecule has 160 valence electrons. The number of nitrogens with one attached hydrogen (secondary N) is 2. The Hall–Kier alpha value is -3.35. The molecule has 2 rings (SSSR count). The van der Waals surface area contributed by atoms with E-state index in [0.29, 0.717) is 12.8 Å². The molecular formula is C23H28N2O5. The molecule has 0 saturated carbocycles. The van der Waals surface area contributed by atoms with E-state index in [4.69, 9.17) is 9.47 Å². The predicted octanol–water partition coefficient (Wildman–Crippen LogP) is 2.98. The first-order valence-corrected chi connectivity index (χ1v) is 9.92. The predicted molar refractivity (Wildman–Crippen MR) is 113 cm³/mol. The SMILES string of the molecule is CCCC(NC(=O)C(Cc1ccccc1)NC(=O)OCc1ccccc1)C(=O)OC. The van der Waals surface area contributed by atoms with Gasteiger partial charge in [-0.3, -0.25) is 4.79 Å². The molecule has 0 bridgehead atoms. The zero-order chi connectivity index (χ0) is 21.8. The van der Waals surface area contributed by atoms with Crippen molar-refractivity contribution in [3.8, 4) is 0 Å². The number of rotatable bonds is 10. The summed E-state index contributed by atoms with van der Waals surface area (Å²) in [5.74, 6) is -0.991. The first-order chi connectivity index (χ1) is 14.5. The van der Waals surface area contributed by atoms with Gasteiger partial charge in [-0.15, -0.1) is 0 Å². The summed E-state index contributed by atoms with van der Waals surface area (Å²) in [5, 5.41) is 5.30. The van der Waals surface area contributed by atoms with E-state index >= 15 is 0 Å². The summed E-state index contributed by atoms with van der Waals surface area (Å²) >= 11 is 0. The fourth-order valence-electron chi connectivity index (χ4n) is 2.92. The number of alkyl carbamates (subject to hydrolysis) is 1. The van der Waals surface area contributed by atoms with Crippen LogP contribution in [0.4, 0.5) is 4.79 Å². The molecule has 7 heteroatoms. The third-order valence-electron chi connectivity index (χ3n) is 4.48. The lowest BCUT2D eigenvalue weighted by Gasteiger charge is -2.22. The standard InChI is InChI=1S/C23H28N2O5/c1-3-10-19(22(27)29-2)24-21(26)20(15-17-11-6-4-7-12-17)25-23(28)30-16-18-13-8-5-9-14-18/h4-9,11-14,19-20H,3,10,15-16H2,1-2H3,(H,24,26)(H,25,28). The highest BCUT2D eigenvalue weighted by Crippen LogP contribution is 2.07. The molecular weight excluding hydrogens is 384 g/mol. The molecule has 2 aromatic carbocycles. The molecule has 7 nitrogen and oxygen atoms in total. The summed E-state index contributed by atoms with van der Waals surface area (Å²) < 4.78 is 10.0. The average molecular weight is 412 g/mol. The Morgan fingerprint density at radius 3 is 2.03 bits per heavy atom. The largest absolute Gasteiger partial charge is 0.467 e. The zero-order valence-corrected chi connectivity index (χ0v) is 17.3. The van der Waals surface area contributed by atoms with Gasteiger partial charge in [0.2, 0.25) is 5.91 Å². The molecule has 30 heavy (non-hydrogen) atoms. The van der Waals surface area contributed by atoms with Crippen molar-refractivity contribution in [2.24, 2.45) is 0 Å². The van der Waals surface area contributed by atoms with E-state index in [0.717, 1.165) is 11.1 Å². The van der Waals surface area contributed by atoms with E-state index in [-0.39, 0.29) is 13.0 Å². The van der Waals surface area contributed by atoms with Gasteiger partial charge in [0.15, 0.2) is 0 Å². The van der Waals surface area contributed by atoms with Crippen LogP contribution >= 0.6 is 0 Å². The van der Waals surface area contributed by atoms with Crippen LogP contribution in [0.3, 0.4) is 0 Å². The Morgan fingerprint density at radius 2 is 1.47 bits per heavy atom. The molecule has 2 unspecified atom stereocenters. The van der Waals surface area contributed by atoms with Gasteiger partial charge in [-0.05, 0) is 17.5 Å². The molecule has 0 spiro atoms. The Kier molecular flexibility index (Phi) is 9.37. The fraction of sp³-hybridized carbons (Fsp3) is 0.348. The van der Waals surface area contributed by atoms with Crippen LogP contribution in [-0.2, 0) is 32.1 Å². The summed E-state index contributed by atoms with van der Waals surface area (Å²) in [6.45, 7) is 2.00. The third kappa shape index (κ3) is 7.58. The second kappa shape index (κ2) is 12.3. The van der Waals surface area contributed by atoms with Crippen LogP contribution in [0.25, 0.3) is 0 Å². The maximum atomic E-state index is 12.9. The molecule has 0 heterocycles. The van der Waals surface area contributed by atoms with E-state index in [1.807, 2.05) is 67.6 Å². The zero-order valence-electron chi connectivity index (χ0n) is 17.3. The molecule has 0 aliphatic heterocycles. The highest BCUT2D eigenvalue weighted by atomic mass is 16.5. The minimum absolute atomic E-state index is 0.0902. The molecule has 2 amide bonds. The lowest BCUT2D eigenvalue weighted by molar-refractivity contribution is -0.145. The molecule has 0 aromatic heterocycles. The number of ether oxygens (including phenoxy) is 2. The average Bonchev–Trinajstić information content (AvgIpc) is 2.77. The van der Waals surface area contributed by atoms with Gasteiger partial charge in [0.1, 0.15) is 18.7 Å². The number of esters is 1. The number of carbonyl (C=O) groups excluding carboxylic acids is 3. The lowest BCUT2D eigenvalue weighted by atomic mass is 10.0. The van der Waals surface area contributed by atoms with E-state index in [2.05, 4.69) is 10.6 Å². The Balaban J connectivity index is 2.05. The monoisotopic (exact) mass is 412 g/mol. The van der Waals surface area contributed by atoms with Gasteiger partial charge in [-0.25, -0.2) is 9.59 Å². The summed E-state index contributed by atoms with van der Waals surface area (Å²) in [6, 6.07) is 16.9. The number of hydrogen-bond acceptors (Lipinski definition) is 5. The van der Waals surface area contributed by atoms with Crippen molar-refractivity contribution in [3.05, 3.63) is 71.8 Å². The van der Waals surface area contributed by atoms with Gasteiger partial charge in [0.25, 0.3) is 0 Å². The van der Waals surface area contributed by atoms with Gasteiger partial charge in [0.05, 0.1) is 7.11 Å². The first-order valence-electron chi connectivity index (χ1n) is 9.92. The quantitative estimate of drug-likeness (QED) is 0.585. The van der Waals surface area contributed by atoms with E-state index in [9.17, 15) is 14.4 Å². The van der Waals surface area contributed by atoms with Crippen molar-refractivity contribution in [3.63, 3.8) is 0 Å². The second-order valence-electron chi connectivity index (χ2n) is 6.82. The van der Waals surface area contributed by atoms with Gasteiger partial charge < -0.3 is 20.1 Å².